The van der Waals surface area contributed by atoms with E-state index in [0.29, 0.717) is 16.3 Å². The Morgan fingerprint density at radius 2 is 2.16 bits per heavy atom. The second kappa shape index (κ2) is 9.62. The highest BCUT2D eigenvalue weighted by atomic mass is 35.5. The maximum absolute atomic E-state index is 13.2. The number of nitrogens with zero attached hydrogens (tertiary/aromatic N) is 2. The molecule has 2 aliphatic heterocycles. The van der Waals surface area contributed by atoms with Gasteiger partial charge in [-0.25, -0.2) is 0 Å². The molecule has 0 aliphatic carbocycles. The van der Waals surface area contributed by atoms with Crippen molar-refractivity contribution in [3.05, 3.63) is 28.8 Å². The van der Waals surface area contributed by atoms with Crippen LogP contribution in [0.3, 0.4) is 0 Å². The third kappa shape index (κ3) is 5.00. The number of rotatable bonds is 6. The van der Waals surface area contributed by atoms with E-state index in [4.69, 9.17) is 16.3 Å². The number of hydrogen-bond acceptors (Lipinski definition) is 4. The average molecular weight is 388 g/mol. The molecule has 0 spiro atoms. The van der Waals surface area contributed by atoms with E-state index in [0.717, 1.165) is 45.7 Å². The van der Waals surface area contributed by atoms with Gasteiger partial charge < -0.3 is 19.9 Å². The summed E-state index contributed by atoms with van der Waals surface area (Å²) in [5.74, 6) is 0.584. The smallest absolute Gasteiger partial charge is 0.257 e. The monoisotopic (exact) mass is 387 g/mol. The van der Waals surface area contributed by atoms with Gasteiger partial charge in [0, 0.05) is 30.7 Å². The molecule has 2 heterocycles. The number of amides is 1. The number of ether oxygens (including phenoxy) is 1. The molecule has 0 saturated carbocycles. The van der Waals surface area contributed by atoms with Crippen LogP contribution in [0, 0.1) is 0 Å². The van der Waals surface area contributed by atoms with Crippen molar-refractivity contribution in [3.8, 4) is 5.75 Å². The molecular formula is C18H27Cl2N3O2. The molecule has 7 heteroatoms. The fourth-order valence-electron chi connectivity index (χ4n) is 3.61. The summed E-state index contributed by atoms with van der Waals surface area (Å²) in [7, 11) is 1.58. The second-order valence-corrected chi connectivity index (χ2v) is 6.97. The number of hydrogen-bond donors (Lipinski definition) is 1. The van der Waals surface area contributed by atoms with E-state index in [1.807, 2.05) is 4.90 Å². The molecule has 5 nitrogen and oxygen atoms in total. The minimum atomic E-state index is 0. The highest BCUT2D eigenvalue weighted by Gasteiger charge is 2.29. The largest absolute Gasteiger partial charge is 0.496 e. The zero-order valence-electron chi connectivity index (χ0n) is 14.7. The van der Waals surface area contributed by atoms with Crippen LogP contribution in [0.15, 0.2) is 18.2 Å². The molecule has 1 atom stereocenters. The summed E-state index contributed by atoms with van der Waals surface area (Å²) < 4.78 is 5.38. The van der Waals surface area contributed by atoms with E-state index >= 15 is 0 Å². The Labute approximate surface area is 161 Å². The molecule has 0 bridgehead atoms. The number of nitrogens with one attached hydrogen (secondary N) is 1. The highest BCUT2D eigenvalue weighted by Crippen LogP contribution is 2.26. The van der Waals surface area contributed by atoms with Gasteiger partial charge in [0.15, 0.2) is 0 Å². The topological polar surface area (TPSA) is 44.8 Å². The summed E-state index contributed by atoms with van der Waals surface area (Å²) in [6.07, 6.45) is 3.54. The molecule has 2 fully saturated rings. The van der Waals surface area contributed by atoms with E-state index in [9.17, 15) is 4.79 Å². The Morgan fingerprint density at radius 1 is 1.40 bits per heavy atom. The second-order valence-electron chi connectivity index (χ2n) is 6.54. The zero-order valence-corrected chi connectivity index (χ0v) is 16.2. The quantitative estimate of drug-likeness (QED) is 0.814. The normalized spacial score (nSPS) is 20.3. The highest BCUT2D eigenvalue weighted by molar-refractivity contribution is 6.30. The Balaban J connectivity index is 0.00000225. The van der Waals surface area contributed by atoms with Gasteiger partial charge in [0.1, 0.15) is 5.75 Å². The van der Waals surface area contributed by atoms with Crippen molar-refractivity contribution in [1.29, 1.82) is 0 Å². The standard InChI is InChI=1S/C18H26ClN3O2.ClH/c1-24-17-12-14(19)4-5-16(17)18(23)22(15-6-7-20-13-15)11-10-21-8-2-3-9-21;/h4-5,12,15,20H,2-3,6-11,13H2,1H3;1H. The van der Waals surface area contributed by atoms with Gasteiger partial charge in [-0.05, 0) is 57.1 Å². The lowest BCUT2D eigenvalue weighted by molar-refractivity contribution is 0.0669. The lowest BCUT2D eigenvalue weighted by Crippen LogP contribution is -2.45. The fraction of sp³-hybridized carbons (Fsp3) is 0.611. The van der Waals surface area contributed by atoms with Crippen LogP contribution >= 0.6 is 24.0 Å². The first-order valence-corrected chi connectivity index (χ1v) is 9.14. The number of carbonyl (C=O) groups is 1. The van der Waals surface area contributed by atoms with Crippen molar-refractivity contribution in [2.45, 2.75) is 25.3 Å². The first kappa shape index (κ1) is 20.3. The molecule has 0 radical (unpaired) electrons. The zero-order chi connectivity index (χ0) is 16.9. The SMILES string of the molecule is COc1cc(Cl)ccc1C(=O)N(CCN1CCCC1)C1CCNC1.Cl. The summed E-state index contributed by atoms with van der Waals surface area (Å²) in [5, 5.41) is 3.94. The molecule has 1 aromatic carbocycles. The van der Waals surface area contributed by atoms with E-state index < -0.39 is 0 Å². The lowest BCUT2D eigenvalue weighted by atomic mass is 10.1. The molecular weight excluding hydrogens is 361 g/mol. The third-order valence-corrected chi connectivity index (χ3v) is 5.22. The van der Waals surface area contributed by atoms with Gasteiger partial charge in [0.25, 0.3) is 5.91 Å². The molecule has 0 aromatic heterocycles. The molecule has 25 heavy (non-hydrogen) atoms. The molecule has 1 N–H and O–H groups in total. The number of methoxy groups -OCH3 is 1. The van der Waals surface area contributed by atoms with Gasteiger partial charge in [0.05, 0.1) is 12.7 Å². The van der Waals surface area contributed by atoms with E-state index in [2.05, 4.69) is 10.2 Å². The van der Waals surface area contributed by atoms with Crippen molar-refractivity contribution in [3.63, 3.8) is 0 Å². The van der Waals surface area contributed by atoms with E-state index in [-0.39, 0.29) is 24.4 Å². The third-order valence-electron chi connectivity index (χ3n) is 4.99. The minimum absolute atomic E-state index is 0. The van der Waals surface area contributed by atoms with E-state index in [1.165, 1.54) is 12.8 Å². The molecule has 3 rings (SSSR count). The molecule has 1 amide bonds. The number of likely N-dealkylation sites (tertiary alicyclic amines) is 1. The van der Waals surface area contributed by atoms with Crippen molar-refractivity contribution < 1.29 is 9.53 Å². The minimum Gasteiger partial charge on any atom is -0.496 e. The molecule has 2 aliphatic rings. The summed E-state index contributed by atoms with van der Waals surface area (Å²) >= 11 is 6.03. The summed E-state index contributed by atoms with van der Waals surface area (Å²) in [4.78, 5) is 17.6. The summed E-state index contributed by atoms with van der Waals surface area (Å²) in [6.45, 7) is 5.83. The number of benzene rings is 1. The van der Waals surface area contributed by atoms with Gasteiger partial charge in [-0.1, -0.05) is 11.6 Å². The Bertz CT molecular complexity index is 573. The van der Waals surface area contributed by atoms with Crippen LogP contribution in [0.2, 0.25) is 5.02 Å². The van der Waals surface area contributed by atoms with Crippen LogP contribution in [0.4, 0.5) is 0 Å². The van der Waals surface area contributed by atoms with Crippen molar-refractivity contribution >= 4 is 29.9 Å². The number of carbonyl (C=O) groups excluding carboxylic acids is 1. The Hall–Kier alpha value is -1.01. The van der Waals surface area contributed by atoms with Crippen LogP contribution < -0.4 is 10.1 Å². The summed E-state index contributed by atoms with van der Waals surface area (Å²) in [6, 6.07) is 5.48. The van der Waals surface area contributed by atoms with Crippen molar-refractivity contribution in [2.24, 2.45) is 0 Å². The Morgan fingerprint density at radius 3 is 2.80 bits per heavy atom. The fourth-order valence-corrected chi connectivity index (χ4v) is 3.77. The predicted molar refractivity (Wildman–Crippen MR) is 103 cm³/mol. The van der Waals surface area contributed by atoms with Crippen molar-refractivity contribution in [1.82, 2.24) is 15.1 Å². The summed E-state index contributed by atoms with van der Waals surface area (Å²) in [5.41, 5.74) is 0.593. The van der Waals surface area contributed by atoms with Crippen LogP contribution in [-0.4, -0.2) is 68.1 Å². The first-order chi connectivity index (χ1) is 11.7. The Kier molecular flexibility index (Phi) is 7.81. The number of halogens is 2. The van der Waals surface area contributed by atoms with Gasteiger partial charge >= 0.3 is 0 Å². The van der Waals surface area contributed by atoms with Gasteiger partial charge in [0.2, 0.25) is 0 Å². The molecule has 1 unspecified atom stereocenters. The lowest BCUT2D eigenvalue weighted by Gasteiger charge is -2.31. The van der Waals surface area contributed by atoms with Crippen molar-refractivity contribution in [2.75, 3.05) is 46.4 Å². The van der Waals surface area contributed by atoms with E-state index in [1.54, 1.807) is 25.3 Å². The van der Waals surface area contributed by atoms with Gasteiger partial charge in [-0.2, -0.15) is 0 Å². The van der Waals surface area contributed by atoms with Crippen LogP contribution in [0.25, 0.3) is 0 Å². The van der Waals surface area contributed by atoms with Gasteiger partial charge in [-0.3, -0.25) is 4.79 Å². The maximum atomic E-state index is 13.2. The first-order valence-electron chi connectivity index (χ1n) is 8.76. The predicted octanol–water partition coefficient (Wildman–Crippen LogP) is 2.67. The van der Waals surface area contributed by atoms with Crippen LogP contribution in [-0.2, 0) is 0 Å². The van der Waals surface area contributed by atoms with Crippen LogP contribution in [0.1, 0.15) is 29.6 Å². The maximum Gasteiger partial charge on any atom is 0.257 e. The molecule has 2 saturated heterocycles. The van der Waals surface area contributed by atoms with Crippen LogP contribution in [0.5, 0.6) is 5.75 Å². The molecule has 140 valence electrons. The molecule has 1 aromatic rings. The van der Waals surface area contributed by atoms with Gasteiger partial charge in [-0.15, -0.1) is 12.4 Å². The average Bonchev–Trinajstić information content (AvgIpc) is 3.28.